The predicted octanol–water partition coefficient (Wildman–Crippen LogP) is 5.79. The molecule has 2 aromatic heterocycles. The van der Waals surface area contributed by atoms with Crippen LogP contribution in [0, 0.1) is 0 Å². The third-order valence-electron chi connectivity index (χ3n) is 10.4. The Labute approximate surface area is 326 Å². The molecule has 1 unspecified atom stereocenters. The summed E-state index contributed by atoms with van der Waals surface area (Å²) in [5.41, 5.74) is 9.13. The summed E-state index contributed by atoms with van der Waals surface area (Å²) in [6, 6.07) is 21.3. The van der Waals surface area contributed by atoms with Gasteiger partial charge in [0, 0.05) is 36.4 Å². The van der Waals surface area contributed by atoms with E-state index in [9.17, 15) is 24.0 Å². The number of fused-ring (bicyclic) bond motifs is 2. The number of ether oxygens (including phenoxy) is 1. The number of nitrogens with zero attached hydrogens (tertiary/aromatic N) is 6. The van der Waals surface area contributed by atoms with Gasteiger partial charge in [-0.15, -0.1) is 11.8 Å². The van der Waals surface area contributed by atoms with Crippen molar-refractivity contribution in [2.24, 2.45) is 0 Å². The van der Waals surface area contributed by atoms with Crippen LogP contribution in [-0.2, 0) is 14.4 Å². The molecule has 0 bridgehead atoms. The Morgan fingerprint density at radius 1 is 0.893 bits per heavy atom. The summed E-state index contributed by atoms with van der Waals surface area (Å²) in [7, 11) is 0. The number of thioether (sulfide) groups is 1. The topological polar surface area (TPSA) is 183 Å². The third kappa shape index (κ3) is 7.33. The van der Waals surface area contributed by atoms with E-state index in [1.165, 1.54) is 18.1 Å². The quantitative estimate of drug-likeness (QED) is 0.0890. The van der Waals surface area contributed by atoms with Crippen LogP contribution in [-0.4, -0.2) is 84.0 Å². The molecule has 0 radical (unpaired) electrons. The maximum absolute atomic E-state index is 13.4. The SMILES string of the molecule is Nc1ncnc2c1c(-c1ccc(Oc3ccccc3)cc1)nn2[C@@H]1CCCN(C(=O)CCCCCSc2cccc3c2C(=O)N(C2CCC(=O)NC2=O)C3=O)C1. The van der Waals surface area contributed by atoms with Gasteiger partial charge in [0.15, 0.2) is 5.65 Å². The number of nitrogens with two attached hydrogens (primary N) is 1. The van der Waals surface area contributed by atoms with Gasteiger partial charge in [-0.05, 0) is 86.4 Å². The number of hydrogen-bond donors (Lipinski definition) is 2. The molecule has 5 amide bonds. The molecule has 5 aromatic rings. The average molecular weight is 773 g/mol. The zero-order valence-corrected chi connectivity index (χ0v) is 31.4. The van der Waals surface area contributed by atoms with Crippen molar-refractivity contribution >= 4 is 58.1 Å². The predicted molar refractivity (Wildman–Crippen MR) is 209 cm³/mol. The summed E-state index contributed by atoms with van der Waals surface area (Å²) < 4.78 is 7.87. The number of nitrogen functional groups attached to an aromatic ring is 1. The van der Waals surface area contributed by atoms with E-state index in [1.807, 2.05) is 70.2 Å². The molecule has 14 nitrogen and oxygen atoms in total. The summed E-state index contributed by atoms with van der Waals surface area (Å²) in [5, 5.41) is 7.92. The van der Waals surface area contributed by atoms with Crippen molar-refractivity contribution in [2.45, 2.75) is 68.3 Å². The number of amides is 5. The molecule has 286 valence electrons. The lowest BCUT2D eigenvalue weighted by molar-refractivity contribution is -0.136. The Bertz CT molecular complexity index is 2330. The number of carbonyl (C=O) groups is 5. The van der Waals surface area contributed by atoms with Gasteiger partial charge in [-0.2, -0.15) is 5.10 Å². The normalized spacial score (nSPS) is 18.4. The zero-order valence-electron chi connectivity index (χ0n) is 30.6. The number of unbranched alkanes of at least 4 members (excludes halogenated alkanes) is 2. The van der Waals surface area contributed by atoms with Crippen molar-refractivity contribution in [1.82, 2.24) is 34.9 Å². The van der Waals surface area contributed by atoms with Crippen LogP contribution in [0.25, 0.3) is 22.3 Å². The molecule has 0 aliphatic carbocycles. The summed E-state index contributed by atoms with van der Waals surface area (Å²) in [4.78, 5) is 76.5. The number of para-hydroxylation sites is 1. The highest BCUT2D eigenvalue weighted by Gasteiger charge is 2.45. The van der Waals surface area contributed by atoms with Crippen molar-refractivity contribution in [3.05, 3.63) is 90.3 Å². The second kappa shape index (κ2) is 15.9. The first-order chi connectivity index (χ1) is 27.3. The van der Waals surface area contributed by atoms with E-state index in [4.69, 9.17) is 15.6 Å². The number of nitrogens with one attached hydrogen (secondary N) is 1. The van der Waals surface area contributed by atoms with Gasteiger partial charge in [0.2, 0.25) is 17.7 Å². The fourth-order valence-electron chi connectivity index (χ4n) is 7.64. The van der Waals surface area contributed by atoms with Crippen LogP contribution >= 0.6 is 11.8 Å². The van der Waals surface area contributed by atoms with E-state index >= 15 is 0 Å². The van der Waals surface area contributed by atoms with Crippen molar-refractivity contribution in [3.8, 4) is 22.8 Å². The first-order valence-electron chi connectivity index (χ1n) is 18.8. The maximum Gasteiger partial charge on any atom is 0.263 e. The van der Waals surface area contributed by atoms with Gasteiger partial charge in [0.25, 0.3) is 11.8 Å². The van der Waals surface area contributed by atoms with E-state index in [-0.39, 0.29) is 30.4 Å². The van der Waals surface area contributed by atoms with Gasteiger partial charge in [-0.1, -0.05) is 30.7 Å². The summed E-state index contributed by atoms with van der Waals surface area (Å²) in [6.45, 7) is 1.19. The van der Waals surface area contributed by atoms with Gasteiger partial charge >= 0.3 is 0 Å². The molecule has 3 aliphatic rings. The number of rotatable bonds is 12. The second-order valence-electron chi connectivity index (χ2n) is 14.1. The van der Waals surface area contributed by atoms with E-state index in [0.29, 0.717) is 64.0 Å². The summed E-state index contributed by atoms with van der Waals surface area (Å²) >= 11 is 1.48. The van der Waals surface area contributed by atoms with Gasteiger partial charge < -0.3 is 15.4 Å². The van der Waals surface area contributed by atoms with E-state index in [1.54, 1.807) is 12.1 Å². The average Bonchev–Trinajstić information content (AvgIpc) is 3.73. The molecule has 8 rings (SSSR count). The Balaban J connectivity index is 0.855. The summed E-state index contributed by atoms with van der Waals surface area (Å²) in [5.74, 6) is 0.514. The Morgan fingerprint density at radius 2 is 1.70 bits per heavy atom. The number of imide groups is 2. The number of benzene rings is 3. The molecule has 2 atom stereocenters. The molecule has 3 N–H and O–H groups in total. The van der Waals surface area contributed by atoms with Crippen LogP contribution in [0.5, 0.6) is 11.5 Å². The first kappa shape index (κ1) is 36.9. The number of anilines is 1. The van der Waals surface area contributed by atoms with E-state index < -0.39 is 29.7 Å². The molecule has 3 aromatic carbocycles. The maximum atomic E-state index is 13.4. The largest absolute Gasteiger partial charge is 0.457 e. The molecule has 5 heterocycles. The van der Waals surface area contributed by atoms with Gasteiger partial charge in [-0.3, -0.25) is 34.2 Å². The number of piperidine rings is 2. The van der Waals surface area contributed by atoms with E-state index in [2.05, 4.69) is 15.3 Å². The van der Waals surface area contributed by atoms with Crippen LogP contribution in [0.4, 0.5) is 5.82 Å². The lowest BCUT2D eigenvalue weighted by atomic mass is 10.0. The first-order valence-corrected chi connectivity index (χ1v) is 19.8. The molecule has 0 saturated carbocycles. The molecular formula is C41H40N8O6S. The van der Waals surface area contributed by atoms with E-state index in [0.717, 1.165) is 48.3 Å². The highest BCUT2D eigenvalue weighted by Crippen LogP contribution is 2.37. The van der Waals surface area contributed by atoms with Gasteiger partial charge in [0.05, 0.1) is 22.6 Å². The third-order valence-corrected chi connectivity index (χ3v) is 11.6. The molecule has 2 fully saturated rings. The standard InChI is InChI=1S/C41H40N8O6S/c42-37-35-36(25-15-17-28(18-16-25)55-27-10-3-1-4-11-27)46-49(38(35)44-24-43-37)26-9-8-21-47(23-26)33(51)14-5-2-6-22-56-31-13-7-12-29-34(31)41(54)48(40(29)53)30-19-20-32(50)45-39(30)52/h1,3-4,7,10-13,15-18,24,26,30H,2,5-6,8-9,14,19-23H2,(H2,42,43,44)(H,45,50,52)/t26-,30?/m1/s1. The van der Waals surface area contributed by atoms with Gasteiger partial charge in [0.1, 0.15) is 35.4 Å². The van der Waals surface area contributed by atoms with Crippen molar-refractivity contribution < 1.29 is 28.7 Å². The molecule has 56 heavy (non-hydrogen) atoms. The smallest absolute Gasteiger partial charge is 0.263 e. The Hall–Kier alpha value is -6.09. The molecular weight excluding hydrogens is 733 g/mol. The van der Waals surface area contributed by atoms with Crippen LogP contribution in [0.2, 0.25) is 0 Å². The van der Waals surface area contributed by atoms with Crippen molar-refractivity contribution in [3.63, 3.8) is 0 Å². The minimum absolute atomic E-state index is 0.0716. The second-order valence-corrected chi connectivity index (χ2v) is 15.2. The molecule has 15 heteroatoms. The summed E-state index contributed by atoms with van der Waals surface area (Å²) in [6.07, 6.45) is 6.07. The van der Waals surface area contributed by atoms with Gasteiger partial charge in [-0.25, -0.2) is 14.6 Å². The minimum Gasteiger partial charge on any atom is -0.457 e. The fraction of sp³-hybridized carbons (Fsp3) is 0.317. The van der Waals surface area contributed by atoms with Crippen molar-refractivity contribution in [2.75, 3.05) is 24.6 Å². The lowest BCUT2D eigenvalue weighted by Gasteiger charge is -2.33. The van der Waals surface area contributed by atoms with Crippen LogP contribution in [0.1, 0.15) is 78.1 Å². The van der Waals surface area contributed by atoms with Crippen LogP contribution in [0.15, 0.2) is 84.0 Å². The highest BCUT2D eigenvalue weighted by molar-refractivity contribution is 7.99. The van der Waals surface area contributed by atoms with Crippen LogP contribution in [0.3, 0.4) is 0 Å². The number of likely N-dealkylation sites (tertiary alicyclic amines) is 1. The zero-order chi connectivity index (χ0) is 38.8. The monoisotopic (exact) mass is 772 g/mol. The van der Waals surface area contributed by atoms with Crippen molar-refractivity contribution in [1.29, 1.82) is 0 Å². The molecule has 3 aliphatic heterocycles. The molecule has 0 spiro atoms. The molecule has 2 saturated heterocycles. The Morgan fingerprint density at radius 3 is 2.50 bits per heavy atom. The Kier molecular flexibility index (Phi) is 10.5. The minimum atomic E-state index is -1.00. The fourth-order valence-corrected chi connectivity index (χ4v) is 8.72. The van der Waals surface area contributed by atoms with Crippen LogP contribution < -0.4 is 15.8 Å². The number of hydrogen-bond acceptors (Lipinski definition) is 11. The number of carbonyl (C=O) groups excluding carboxylic acids is 5. The highest BCUT2D eigenvalue weighted by atomic mass is 32.2. The number of aromatic nitrogens is 4. The lowest BCUT2D eigenvalue weighted by Crippen LogP contribution is -2.54.